The summed E-state index contributed by atoms with van der Waals surface area (Å²) < 4.78 is 41.7. The SMILES string of the molecule is Fc1cc(F)c([S+](c2ccccc2)c2ccccc2)c(F)c1.O=C(O)c1ccccc1[O-]. The quantitative estimate of drug-likeness (QED) is 0.405. The second kappa shape index (κ2) is 10.5. The maximum Gasteiger partial charge on any atom is 0.335 e. The molecule has 0 saturated carbocycles. The van der Waals surface area contributed by atoms with Crippen molar-refractivity contribution < 1.29 is 28.2 Å². The summed E-state index contributed by atoms with van der Waals surface area (Å²) in [5, 5.41) is 19.0. The maximum atomic E-state index is 14.3. The van der Waals surface area contributed by atoms with E-state index >= 15 is 0 Å². The fraction of sp³-hybridized carbons (Fsp3) is 0. The molecule has 1 N–H and O–H groups in total. The van der Waals surface area contributed by atoms with E-state index in [4.69, 9.17) is 5.11 Å². The second-order valence-corrected chi connectivity index (χ2v) is 8.40. The summed E-state index contributed by atoms with van der Waals surface area (Å²) in [6.45, 7) is 0. The summed E-state index contributed by atoms with van der Waals surface area (Å²) in [6.07, 6.45) is 0. The normalized spacial score (nSPS) is 10.4. The Hall–Kier alpha value is -3.71. The van der Waals surface area contributed by atoms with E-state index in [0.29, 0.717) is 0 Å². The van der Waals surface area contributed by atoms with Crippen LogP contribution in [-0.2, 0) is 10.9 Å². The van der Waals surface area contributed by atoms with Crippen molar-refractivity contribution >= 4 is 16.9 Å². The lowest BCUT2D eigenvalue weighted by atomic mass is 10.2. The van der Waals surface area contributed by atoms with Crippen molar-refractivity contribution in [3.8, 4) is 5.75 Å². The number of benzene rings is 4. The van der Waals surface area contributed by atoms with Crippen molar-refractivity contribution in [2.75, 3.05) is 0 Å². The van der Waals surface area contributed by atoms with Crippen molar-refractivity contribution in [1.82, 2.24) is 0 Å². The van der Waals surface area contributed by atoms with Crippen LogP contribution in [0.1, 0.15) is 10.4 Å². The molecule has 0 atom stereocenters. The van der Waals surface area contributed by atoms with Crippen LogP contribution in [0.25, 0.3) is 0 Å². The average Bonchev–Trinajstić information content (AvgIpc) is 2.78. The van der Waals surface area contributed by atoms with Gasteiger partial charge in [0.1, 0.15) is 16.7 Å². The molecule has 3 nitrogen and oxygen atoms in total. The van der Waals surface area contributed by atoms with Crippen LogP contribution < -0.4 is 5.11 Å². The minimum Gasteiger partial charge on any atom is -0.872 e. The predicted octanol–water partition coefficient (Wildman–Crippen LogP) is 5.66. The fourth-order valence-corrected chi connectivity index (χ4v) is 4.96. The summed E-state index contributed by atoms with van der Waals surface area (Å²) in [6, 6.07) is 25.2. The molecule has 0 aliphatic carbocycles. The monoisotopic (exact) mass is 454 g/mol. The van der Waals surface area contributed by atoms with Gasteiger partial charge in [-0.2, -0.15) is 0 Å². The Kier molecular flexibility index (Phi) is 7.57. The molecular weight excluding hydrogens is 437 g/mol. The highest BCUT2D eigenvalue weighted by Gasteiger charge is 2.35. The van der Waals surface area contributed by atoms with Crippen LogP contribution in [0.3, 0.4) is 0 Å². The van der Waals surface area contributed by atoms with Gasteiger partial charge in [0.2, 0.25) is 4.90 Å². The van der Waals surface area contributed by atoms with Gasteiger partial charge in [0.15, 0.2) is 21.4 Å². The number of rotatable bonds is 4. The lowest BCUT2D eigenvalue weighted by Crippen LogP contribution is -2.10. The summed E-state index contributed by atoms with van der Waals surface area (Å²) >= 11 is 0. The summed E-state index contributed by atoms with van der Waals surface area (Å²) in [5.74, 6) is -4.27. The third kappa shape index (κ3) is 5.50. The number of carbonyl (C=O) groups is 1. The van der Waals surface area contributed by atoms with Gasteiger partial charge in [0.05, 0.1) is 5.56 Å². The van der Waals surface area contributed by atoms with Gasteiger partial charge in [0, 0.05) is 12.1 Å². The smallest absolute Gasteiger partial charge is 0.335 e. The van der Waals surface area contributed by atoms with Gasteiger partial charge >= 0.3 is 5.97 Å². The Morgan fingerprint density at radius 1 is 0.719 bits per heavy atom. The van der Waals surface area contributed by atoms with Gasteiger partial charge in [-0.1, -0.05) is 60.3 Å². The molecule has 4 aromatic carbocycles. The number of carboxylic acids is 1. The fourth-order valence-electron chi connectivity index (χ4n) is 2.85. The van der Waals surface area contributed by atoms with Crippen LogP contribution in [-0.4, -0.2) is 11.1 Å². The van der Waals surface area contributed by atoms with E-state index in [1.807, 2.05) is 60.7 Å². The Bertz CT molecular complexity index is 1140. The van der Waals surface area contributed by atoms with Gasteiger partial charge < -0.3 is 10.2 Å². The highest BCUT2D eigenvalue weighted by molar-refractivity contribution is 7.97. The zero-order valence-corrected chi connectivity index (χ0v) is 17.4. The number of halogens is 3. The van der Waals surface area contributed by atoms with E-state index in [1.54, 1.807) is 0 Å². The molecular formula is C25H17F3O3S. The number of hydrogen-bond donors (Lipinski definition) is 1. The first kappa shape index (κ1) is 23.0. The molecule has 0 saturated heterocycles. The predicted molar refractivity (Wildman–Crippen MR) is 114 cm³/mol. The Morgan fingerprint density at radius 3 is 1.56 bits per heavy atom. The van der Waals surface area contributed by atoms with Crippen molar-refractivity contribution in [3.63, 3.8) is 0 Å². The van der Waals surface area contributed by atoms with Crippen LogP contribution in [0, 0.1) is 17.5 Å². The number of para-hydroxylation sites is 1. The molecule has 0 aromatic heterocycles. The maximum absolute atomic E-state index is 14.3. The molecule has 0 unspecified atom stereocenters. The Morgan fingerprint density at radius 2 is 1.16 bits per heavy atom. The van der Waals surface area contributed by atoms with Crippen LogP contribution in [0.15, 0.2) is 112 Å². The molecule has 0 fully saturated rings. The third-order valence-corrected chi connectivity index (χ3v) is 6.53. The number of carboxylic acid groups (broad SMARTS) is 1. The minimum atomic E-state index is -1.18. The number of hydrogen-bond acceptors (Lipinski definition) is 2. The molecule has 4 rings (SSSR count). The summed E-state index contributed by atoms with van der Waals surface area (Å²) in [7, 11) is -0.963. The first-order valence-corrected chi connectivity index (χ1v) is 10.6. The first-order valence-electron chi connectivity index (χ1n) is 9.36. The lowest BCUT2D eigenvalue weighted by Gasteiger charge is -2.09. The van der Waals surface area contributed by atoms with Crippen LogP contribution in [0.4, 0.5) is 13.2 Å². The lowest BCUT2D eigenvalue weighted by molar-refractivity contribution is -0.268. The number of aromatic carboxylic acids is 1. The van der Waals surface area contributed by atoms with E-state index in [0.717, 1.165) is 21.9 Å². The van der Waals surface area contributed by atoms with Gasteiger partial charge in [-0.25, -0.2) is 18.0 Å². The molecule has 7 heteroatoms. The highest BCUT2D eigenvalue weighted by Crippen LogP contribution is 2.34. The third-order valence-electron chi connectivity index (χ3n) is 4.24. The molecule has 0 bridgehead atoms. The minimum absolute atomic E-state index is 0.112. The van der Waals surface area contributed by atoms with Crippen molar-refractivity contribution in [2.45, 2.75) is 14.7 Å². The summed E-state index contributed by atoms with van der Waals surface area (Å²) in [5.41, 5.74) is -0.178. The van der Waals surface area contributed by atoms with Crippen LogP contribution in [0.5, 0.6) is 5.75 Å². The Labute approximate surface area is 185 Å². The van der Waals surface area contributed by atoms with E-state index in [2.05, 4.69) is 0 Å². The van der Waals surface area contributed by atoms with E-state index in [1.165, 1.54) is 24.3 Å². The average molecular weight is 454 g/mol. The topological polar surface area (TPSA) is 60.4 Å². The molecule has 162 valence electrons. The largest absolute Gasteiger partial charge is 0.872 e. The molecule has 0 aliphatic rings. The zero-order chi connectivity index (χ0) is 23.1. The standard InChI is InChI=1S/C18H12F3S.C7H6O3/c19-13-11-16(20)18(17(21)12-13)22(14-7-3-1-4-8-14)15-9-5-2-6-10-15;8-6-4-2-1-3-5(6)7(9)10/h1-12H;1-4,8H,(H,9,10)/q+1;/p-1. The van der Waals surface area contributed by atoms with Crippen molar-refractivity contribution in [1.29, 1.82) is 0 Å². The summed E-state index contributed by atoms with van der Waals surface area (Å²) in [4.78, 5) is 11.7. The van der Waals surface area contributed by atoms with Gasteiger partial charge in [-0.05, 0) is 30.3 Å². The van der Waals surface area contributed by atoms with E-state index in [9.17, 15) is 23.1 Å². The van der Waals surface area contributed by atoms with Gasteiger partial charge in [-0.15, -0.1) is 0 Å². The Balaban J connectivity index is 0.000000243. The second-order valence-electron chi connectivity index (χ2n) is 6.43. The van der Waals surface area contributed by atoms with Gasteiger partial charge in [-0.3, -0.25) is 0 Å². The molecule has 0 aliphatic heterocycles. The molecule has 0 radical (unpaired) electrons. The highest BCUT2D eigenvalue weighted by atomic mass is 32.2. The van der Waals surface area contributed by atoms with E-state index in [-0.39, 0.29) is 10.5 Å². The van der Waals surface area contributed by atoms with Crippen LogP contribution >= 0.6 is 0 Å². The van der Waals surface area contributed by atoms with Crippen molar-refractivity contribution in [2.24, 2.45) is 0 Å². The van der Waals surface area contributed by atoms with Crippen LogP contribution in [0.2, 0.25) is 0 Å². The van der Waals surface area contributed by atoms with Crippen molar-refractivity contribution in [3.05, 3.63) is 120 Å². The molecule has 0 amide bonds. The zero-order valence-electron chi connectivity index (χ0n) is 16.5. The molecule has 4 aromatic rings. The van der Waals surface area contributed by atoms with Gasteiger partial charge in [0.25, 0.3) is 0 Å². The molecule has 0 spiro atoms. The van der Waals surface area contributed by atoms with E-state index < -0.39 is 40.1 Å². The first-order chi connectivity index (χ1) is 15.4. The molecule has 32 heavy (non-hydrogen) atoms. The molecule has 0 heterocycles.